The van der Waals surface area contributed by atoms with Gasteiger partial charge in [-0.3, -0.25) is 9.59 Å². The van der Waals surface area contributed by atoms with Crippen LogP contribution in [0.1, 0.15) is 19.8 Å². The van der Waals surface area contributed by atoms with Gasteiger partial charge in [-0.15, -0.1) is 0 Å². The first kappa shape index (κ1) is 22.1. The number of hydrogen-bond acceptors (Lipinski definition) is 7. The lowest BCUT2D eigenvalue weighted by Crippen LogP contribution is -2.47. The Hall–Kier alpha value is -3.73. The number of anilines is 2. The predicted molar refractivity (Wildman–Crippen MR) is 131 cm³/mol. The van der Waals surface area contributed by atoms with Gasteiger partial charge in [0.15, 0.2) is 0 Å². The molecule has 2 amide bonds. The van der Waals surface area contributed by atoms with Gasteiger partial charge in [0.05, 0.1) is 10.9 Å². The van der Waals surface area contributed by atoms with Gasteiger partial charge in [0, 0.05) is 17.5 Å². The number of aromatic hydroxyl groups is 1. The Morgan fingerprint density at radius 1 is 1.24 bits per heavy atom. The van der Waals surface area contributed by atoms with Crippen LogP contribution in [-0.2, 0) is 16.1 Å². The van der Waals surface area contributed by atoms with Crippen LogP contribution in [0.15, 0.2) is 47.3 Å². The fourth-order valence-electron chi connectivity index (χ4n) is 4.65. The quantitative estimate of drug-likeness (QED) is 0.349. The molecule has 0 radical (unpaired) electrons. The Labute approximate surface area is 202 Å². The van der Waals surface area contributed by atoms with E-state index < -0.39 is 6.04 Å². The van der Waals surface area contributed by atoms with Gasteiger partial charge in [-0.25, -0.2) is 15.0 Å². The van der Waals surface area contributed by atoms with Gasteiger partial charge in [-0.05, 0) is 60.0 Å². The van der Waals surface area contributed by atoms with E-state index in [0.717, 1.165) is 5.39 Å². The number of hydrogen-bond donors (Lipinski definition) is 3. The molecule has 0 bridgehead atoms. The van der Waals surface area contributed by atoms with Crippen LogP contribution >= 0.6 is 15.9 Å². The van der Waals surface area contributed by atoms with Crippen molar-refractivity contribution in [2.45, 2.75) is 38.4 Å². The molecule has 0 unspecified atom stereocenters. The molecule has 1 aliphatic heterocycles. The normalized spacial score (nSPS) is 18.0. The maximum Gasteiger partial charge on any atom is 0.248 e. The van der Waals surface area contributed by atoms with Gasteiger partial charge in [0.2, 0.25) is 11.8 Å². The van der Waals surface area contributed by atoms with Crippen molar-refractivity contribution in [2.24, 2.45) is 0 Å². The highest BCUT2D eigenvalue weighted by molar-refractivity contribution is 9.10. The Morgan fingerprint density at radius 2 is 2.06 bits per heavy atom. The maximum absolute atomic E-state index is 13.6. The molecule has 4 heterocycles. The summed E-state index contributed by atoms with van der Waals surface area (Å²) in [6.45, 7) is 1.86. The second-order valence-corrected chi connectivity index (χ2v) is 9.14. The number of amides is 2. The largest absolute Gasteiger partial charge is 0.508 e. The molecule has 0 aliphatic carbocycles. The molecule has 10 nitrogen and oxygen atoms in total. The summed E-state index contributed by atoms with van der Waals surface area (Å²) >= 11 is 3.30. The van der Waals surface area contributed by atoms with E-state index in [1.54, 1.807) is 45.9 Å². The lowest BCUT2D eigenvalue weighted by molar-refractivity contribution is -0.138. The van der Waals surface area contributed by atoms with Crippen molar-refractivity contribution in [1.82, 2.24) is 24.4 Å². The molecule has 1 saturated heterocycles. The number of carbonyl (C=O) groups is 2. The number of nitrogens with one attached hydrogen (secondary N) is 1. The fourth-order valence-corrected chi connectivity index (χ4v) is 4.99. The highest BCUT2D eigenvalue weighted by atomic mass is 79.9. The summed E-state index contributed by atoms with van der Waals surface area (Å²) in [5.74, 6) is 0.252. The summed E-state index contributed by atoms with van der Waals surface area (Å²) in [5.41, 5.74) is 7.22. The monoisotopic (exact) mass is 523 g/mol. The van der Waals surface area contributed by atoms with Gasteiger partial charge in [-0.2, -0.15) is 0 Å². The van der Waals surface area contributed by atoms with Crippen LogP contribution in [0.3, 0.4) is 0 Å². The Balaban J connectivity index is 1.47. The summed E-state index contributed by atoms with van der Waals surface area (Å²) < 4.78 is 2.31. The van der Waals surface area contributed by atoms with E-state index in [9.17, 15) is 14.7 Å². The zero-order valence-electron chi connectivity index (χ0n) is 18.3. The fraction of sp³-hybridized carbons (Fsp3) is 0.261. The number of phenolic OH excluding ortho intramolecular Hbond substituents is 1. The lowest BCUT2D eigenvalue weighted by Gasteiger charge is -2.28. The van der Waals surface area contributed by atoms with Gasteiger partial charge >= 0.3 is 0 Å². The van der Waals surface area contributed by atoms with Crippen LogP contribution in [0.4, 0.5) is 11.6 Å². The summed E-state index contributed by atoms with van der Waals surface area (Å²) in [5, 5.41) is 14.2. The second-order valence-electron chi connectivity index (χ2n) is 8.32. The van der Waals surface area contributed by atoms with Crippen molar-refractivity contribution in [2.75, 3.05) is 11.1 Å². The summed E-state index contributed by atoms with van der Waals surface area (Å²) in [6.07, 6.45) is 2.60. The third kappa shape index (κ3) is 3.81. The molecule has 0 spiro atoms. The molecule has 4 N–H and O–H groups in total. The van der Waals surface area contributed by atoms with E-state index in [0.29, 0.717) is 45.6 Å². The first-order chi connectivity index (χ1) is 16.3. The predicted octanol–water partition coefficient (Wildman–Crippen LogP) is 3.05. The van der Waals surface area contributed by atoms with E-state index in [2.05, 4.69) is 36.2 Å². The number of benzene rings is 1. The molecule has 1 fully saturated rings. The number of rotatable bonds is 4. The SMILES string of the molecule is C[C@@H]1CC[C@@H](C(=O)Nc2cccc(Br)n2)N1C(=O)Cn1c2cc(O)ccc2c2c(N)ncnc21. The van der Waals surface area contributed by atoms with Gasteiger partial charge in [-0.1, -0.05) is 6.07 Å². The first-order valence-electron chi connectivity index (χ1n) is 10.8. The summed E-state index contributed by atoms with van der Waals surface area (Å²) in [6, 6.07) is 9.36. The Morgan fingerprint density at radius 3 is 2.85 bits per heavy atom. The zero-order chi connectivity index (χ0) is 24.0. The number of nitrogen functional groups attached to an aromatic ring is 1. The number of pyridine rings is 1. The average Bonchev–Trinajstić information content (AvgIpc) is 3.33. The smallest absolute Gasteiger partial charge is 0.248 e. The number of nitrogens with two attached hydrogens (primary N) is 1. The number of fused-ring (bicyclic) bond motifs is 3. The molecule has 5 rings (SSSR count). The van der Waals surface area contributed by atoms with Crippen LogP contribution in [0.2, 0.25) is 0 Å². The molecule has 4 aromatic rings. The number of likely N-dealkylation sites (tertiary alicyclic amines) is 1. The van der Waals surface area contributed by atoms with Crippen molar-refractivity contribution in [1.29, 1.82) is 0 Å². The maximum atomic E-state index is 13.6. The third-order valence-corrected chi connectivity index (χ3v) is 6.61. The minimum Gasteiger partial charge on any atom is -0.508 e. The molecule has 174 valence electrons. The van der Waals surface area contributed by atoms with Crippen LogP contribution in [0, 0.1) is 0 Å². The first-order valence-corrected chi connectivity index (χ1v) is 11.6. The van der Waals surface area contributed by atoms with E-state index in [1.807, 2.05) is 6.92 Å². The molecule has 1 aliphatic rings. The van der Waals surface area contributed by atoms with E-state index in [1.165, 1.54) is 6.33 Å². The van der Waals surface area contributed by atoms with Gasteiger partial charge in [0.1, 0.15) is 46.5 Å². The van der Waals surface area contributed by atoms with Crippen molar-refractivity contribution < 1.29 is 14.7 Å². The number of halogens is 1. The standard InChI is InChI=1S/C23H22BrN7O3/c1-12-5-8-15(23(34)29-18-4-2-3-17(24)28-18)31(12)19(33)10-30-16-9-13(32)6-7-14(16)20-21(25)26-11-27-22(20)30/h2-4,6-7,9,11-12,15,32H,5,8,10H2,1H3,(H2,25,26,27)(H,28,29,34)/t12-,15+/m1/s1. The molecule has 0 saturated carbocycles. The highest BCUT2D eigenvalue weighted by Gasteiger charge is 2.39. The molecule has 1 aromatic carbocycles. The van der Waals surface area contributed by atoms with Crippen molar-refractivity contribution >= 4 is 61.3 Å². The highest BCUT2D eigenvalue weighted by Crippen LogP contribution is 2.33. The average molecular weight is 524 g/mol. The van der Waals surface area contributed by atoms with E-state index >= 15 is 0 Å². The third-order valence-electron chi connectivity index (χ3n) is 6.17. The minimum atomic E-state index is -0.621. The summed E-state index contributed by atoms with van der Waals surface area (Å²) in [4.78, 5) is 40.9. The van der Waals surface area contributed by atoms with Crippen molar-refractivity contribution in [3.05, 3.63) is 47.3 Å². The number of carbonyl (C=O) groups excluding carboxylic acids is 2. The van der Waals surface area contributed by atoms with Gasteiger partial charge in [0.25, 0.3) is 0 Å². The summed E-state index contributed by atoms with van der Waals surface area (Å²) in [7, 11) is 0. The number of nitrogens with zero attached hydrogens (tertiary/aromatic N) is 5. The van der Waals surface area contributed by atoms with Crippen molar-refractivity contribution in [3.63, 3.8) is 0 Å². The molecule has 3 aromatic heterocycles. The molecule has 11 heteroatoms. The topological polar surface area (TPSA) is 139 Å². The molecule has 34 heavy (non-hydrogen) atoms. The molecular weight excluding hydrogens is 502 g/mol. The number of aromatic nitrogens is 4. The second kappa shape index (κ2) is 8.56. The Bertz CT molecular complexity index is 1440. The van der Waals surface area contributed by atoms with Crippen molar-refractivity contribution in [3.8, 4) is 5.75 Å². The number of phenols is 1. The van der Waals surface area contributed by atoms with Crippen LogP contribution in [-0.4, -0.2) is 53.4 Å². The van der Waals surface area contributed by atoms with Crippen LogP contribution in [0.5, 0.6) is 5.75 Å². The van der Waals surface area contributed by atoms with Gasteiger partial charge < -0.3 is 25.6 Å². The lowest BCUT2D eigenvalue weighted by atomic mass is 10.2. The molecular formula is C23H22BrN7O3. The van der Waals surface area contributed by atoms with Crippen LogP contribution < -0.4 is 11.1 Å². The Kier molecular flexibility index (Phi) is 5.56. The van der Waals surface area contributed by atoms with E-state index in [4.69, 9.17) is 5.73 Å². The minimum absolute atomic E-state index is 0.0591. The zero-order valence-corrected chi connectivity index (χ0v) is 19.9. The van der Waals surface area contributed by atoms with Crippen LogP contribution in [0.25, 0.3) is 21.9 Å². The molecule has 2 atom stereocenters. The van der Waals surface area contributed by atoms with E-state index in [-0.39, 0.29) is 30.2 Å².